The molecule has 0 bridgehead atoms. The second-order valence-corrected chi connectivity index (χ2v) is 6.47. The summed E-state index contributed by atoms with van der Waals surface area (Å²) < 4.78 is 26.2. The Morgan fingerprint density at radius 3 is 2.11 bits per heavy atom. The molecule has 28 heavy (non-hydrogen) atoms. The maximum Gasteiger partial charge on any atom is 0.227 e. The van der Waals surface area contributed by atoms with Crippen molar-refractivity contribution in [2.24, 2.45) is 5.73 Å². The molecule has 0 fully saturated rings. The van der Waals surface area contributed by atoms with E-state index >= 15 is 0 Å². The largest absolute Gasteiger partial charge is 0.374 e. The zero-order valence-electron chi connectivity index (χ0n) is 15.9. The first kappa shape index (κ1) is 21.2. The summed E-state index contributed by atoms with van der Waals surface area (Å²) in [6.45, 7) is 1.59. The summed E-state index contributed by atoms with van der Waals surface area (Å²) in [5.41, 5.74) is 8.17. The Morgan fingerprint density at radius 2 is 1.61 bits per heavy atom. The van der Waals surface area contributed by atoms with Crippen LogP contribution in [0.25, 0.3) is 5.57 Å². The molecule has 5 nitrogen and oxygen atoms in total. The third kappa shape index (κ3) is 5.99. The number of allylic oxidation sites excluding steroid dienone is 1. The lowest BCUT2D eigenvalue weighted by Gasteiger charge is -2.17. The molecule has 0 aliphatic heterocycles. The van der Waals surface area contributed by atoms with E-state index in [1.807, 2.05) is 0 Å². The molecule has 7 heteroatoms. The second-order valence-electron chi connectivity index (χ2n) is 6.47. The normalized spacial score (nSPS) is 12.8. The van der Waals surface area contributed by atoms with Gasteiger partial charge in [0.1, 0.15) is 17.5 Å². The number of carbonyl (C=O) groups is 1. The van der Waals surface area contributed by atoms with E-state index in [0.29, 0.717) is 23.4 Å². The van der Waals surface area contributed by atoms with Gasteiger partial charge in [-0.15, -0.1) is 0 Å². The first-order valence-electron chi connectivity index (χ1n) is 8.83. The smallest absolute Gasteiger partial charge is 0.227 e. The van der Waals surface area contributed by atoms with Gasteiger partial charge in [0.2, 0.25) is 5.91 Å². The molecular formula is C21H24F2N4O. The van der Waals surface area contributed by atoms with Crippen LogP contribution >= 0.6 is 0 Å². The number of rotatable bonds is 8. The molecule has 0 aliphatic rings. The molecule has 0 saturated heterocycles. The fourth-order valence-electron chi connectivity index (χ4n) is 2.84. The van der Waals surface area contributed by atoms with Crippen LogP contribution in [0.2, 0.25) is 0 Å². The van der Waals surface area contributed by atoms with E-state index in [4.69, 9.17) is 11.1 Å². The number of amides is 1. The van der Waals surface area contributed by atoms with Gasteiger partial charge in [-0.3, -0.25) is 4.79 Å². The van der Waals surface area contributed by atoms with Crippen molar-refractivity contribution in [3.8, 4) is 0 Å². The predicted molar refractivity (Wildman–Crippen MR) is 107 cm³/mol. The molecule has 0 unspecified atom stereocenters. The molecule has 0 aromatic heterocycles. The molecule has 1 amide bonds. The van der Waals surface area contributed by atoms with Gasteiger partial charge in [0.05, 0.1) is 0 Å². The van der Waals surface area contributed by atoms with Crippen LogP contribution in [-0.4, -0.2) is 24.7 Å². The summed E-state index contributed by atoms with van der Waals surface area (Å²) in [6, 6.07) is 11.2. The highest BCUT2D eigenvalue weighted by molar-refractivity contribution is 6.22. The van der Waals surface area contributed by atoms with Crippen LogP contribution in [0.15, 0.2) is 54.4 Å². The van der Waals surface area contributed by atoms with E-state index in [9.17, 15) is 13.6 Å². The van der Waals surface area contributed by atoms with Crippen molar-refractivity contribution < 1.29 is 13.6 Å². The van der Waals surface area contributed by atoms with Crippen LogP contribution in [0, 0.1) is 17.0 Å². The molecule has 0 heterocycles. The minimum absolute atomic E-state index is 0.0519. The lowest BCUT2D eigenvalue weighted by Crippen LogP contribution is -2.36. The Bertz CT molecular complexity index is 861. The van der Waals surface area contributed by atoms with Gasteiger partial charge < -0.3 is 21.8 Å². The summed E-state index contributed by atoms with van der Waals surface area (Å²) in [5, 5.41) is 13.7. The maximum atomic E-state index is 13.2. The van der Waals surface area contributed by atoms with E-state index < -0.39 is 6.04 Å². The van der Waals surface area contributed by atoms with Gasteiger partial charge in [0, 0.05) is 30.8 Å². The van der Waals surface area contributed by atoms with Gasteiger partial charge in [-0.25, -0.2) is 8.78 Å². The molecule has 2 aromatic carbocycles. The molecule has 0 radical (unpaired) electrons. The Balaban J connectivity index is 2.11. The van der Waals surface area contributed by atoms with Crippen molar-refractivity contribution in [2.75, 3.05) is 7.05 Å². The molecule has 5 N–H and O–H groups in total. The number of hydrogen-bond donors (Lipinski definition) is 4. The third-order valence-electron chi connectivity index (χ3n) is 4.13. The molecule has 1 atom stereocenters. The first-order chi connectivity index (χ1) is 13.3. The van der Waals surface area contributed by atoms with Crippen LogP contribution in [0.3, 0.4) is 0 Å². The van der Waals surface area contributed by atoms with E-state index in [2.05, 4.69) is 10.6 Å². The van der Waals surface area contributed by atoms with Gasteiger partial charge >= 0.3 is 0 Å². The summed E-state index contributed by atoms with van der Waals surface area (Å²) >= 11 is 0. The second kappa shape index (κ2) is 9.75. The first-order valence-corrected chi connectivity index (χ1v) is 8.83. The standard InChI is InChI=1S/C21H24F2N4O/c1-13(24)20(15-5-9-17(23)10-6-15)21(26-2)27-19(28)12-18(25)11-14-3-7-16(22)8-4-14/h3-10,18,24,26H,11-12,25H2,1-2H3,(H,27,28)/b21-20-,24-13?/t18-/m1/s1. The fraction of sp³-hybridized carbons (Fsp3) is 0.238. The maximum absolute atomic E-state index is 13.2. The van der Waals surface area contributed by atoms with Gasteiger partial charge in [-0.1, -0.05) is 24.3 Å². The van der Waals surface area contributed by atoms with Gasteiger partial charge in [0.15, 0.2) is 0 Å². The number of benzene rings is 2. The summed E-state index contributed by atoms with van der Waals surface area (Å²) in [5.74, 6) is -0.681. The van der Waals surface area contributed by atoms with Crippen LogP contribution in [0.5, 0.6) is 0 Å². The zero-order valence-corrected chi connectivity index (χ0v) is 15.9. The van der Waals surface area contributed by atoms with Gasteiger partial charge in [-0.05, 0) is 48.7 Å². The van der Waals surface area contributed by atoms with Crippen LogP contribution < -0.4 is 16.4 Å². The van der Waals surface area contributed by atoms with Crippen molar-refractivity contribution in [2.45, 2.75) is 25.8 Å². The average molecular weight is 386 g/mol. The predicted octanol–water partition coefficient (Wildman–Crippen LogP) is 2.97. The Morgan fingerprint density at radius 1 is 1.07 bits per heavy atom. The minimum atomic E-state index is -0.445. The SMILES string of the molecule is CN/C(NC(=O)C[C@H](N)Cc1ccc(F)cc1)=C(\C(C)=N)c1ccc(F)cc1. The Labute approximate surface area is 163 Å². The molecule has 148 valence electrons. The molecule has 0 aliphatic carbocycles. The molecule has 2 rings (SSSR count). The van der Waals surface area contributed by atoms with Crippen LogP contribution in [-0.2, 0) is 11.2 Å². The highest BCUT2D eigenvalue weighted by Crippen LogP contribution is 2.18. The van der Waals surface area contributed by atoms with Crippen molar-refractivity contribution >= 4 is 17.2 Å². The molecule has 2 aromatic rings. The highest BCUT2D eigenvalue weighted by atomic mass is 19.1. The summed E-state index contributed by atoms with van der Waals surface area (Å²) in [7, 11) is 1.63. The number of hydrogen-bond acceptors (Lipinski definition) is 4. The highest BCUT2D eigenvalue weighted by Gasteiger charge is 2.16. The van der Waals surface area contributed by atoms with Crippen LogP contribution in [0.4, 0.5) is 8.78 Å². The fourth-order valence-corrected chi connectivity index (χ4v) is 2.84. The number of nitrogens with two attached hydrogens (primary N) is 1. The lowest BCUT2D eigenvalue weighted by molar-refractivity contribution is -0.120. The zero-order chi connectivity index (χ0) is 20.7. The molecule has 0 spiro atoms. The minimum Gasteiger partial charge on any atom is -0.374 e. The number of nitrogens with one attached hydrogen (secondary N) is 3. The molecule has 0 saturated carbocycles. The third-order valence-corrected chi connectivity index (χ3v) is 4.13. The Kier molecular flexibility index (Phi) is 7.40. The average Bonchev–Trinajstić information content (AvgIpc) is 2.64. The number of halogens is 2. The lowest BCUT2D eigenvalue weighted by atomic mass is 10.0. The van der Waals surface area contributed by atoms with E-state index in [0.717, 1.165) is 5.56 Å². The van der Waals surface area contributed by atoms with Crippen molar-refractivity contribution in [1.29, 1.82) is 5.41 Å². The van der Waals surface area contributed by atoms with E-state index in [1.54, 1.807) is 38.2 Å². The Hall–Kier alpha value is -3.06. The molecular weight excluding hydrogens is 362 g/mol. The van der Waals surface area contributed by atoms with Gasteiger partial charge in [-0.2, -0.15) is 0 Å². The van der Waals surface area contributed by atoms with Crippen molar-refractivity contribution in [1.82, 2.24) is 10.6 Å². The van der Waals surface area contributed by atoms with E-state index in [1.165, 1.54) is 24.3 Å². The van der Waals surface area contributed by atoms with Gasteiger partial charge in [0.25, 0.3) is 0 Å². The quantitative estimate of drug-likeness (QED) is 0.526. The summed E-state index contributed by atoms with van der Waals surface area (Å²) in [4.78, 5) is 12.4. The topological polar surface area (TPSA) is 91.0 Å². The van der Waals surface area contributed by atoms with E-state index in [-0.39, 0.29) is 29.7 Å². The summed E-state index contributed by atoms with van der Waals surface area (Å²) in [6.07, 6.45) is 0.483. The van der Waals surface area contributed by atoms with Crippen molar-refractivity contribution in [3.63, 3.8) is 0 Å². The monoisotopic (exact) mass is 386 g/mol. The number of carbonyl (C=O) groups excluding carboxylic acids is 1. The van der Waals surface area contributed by atoms with Crippen molar-refractivity contribution in [3.05, 3.63) is 77.1 Å². The van der Waals surface area contributed by atoms with Crippen LogP contribution in [0.1, 0.15) is 24.5 Å².